The summed E-state index contributed by atoms with van der Waals surface area (Å²) in [5.74, 6) is 1.34. The van der Waals surface area contributed by atoms with E-state index in [-0.39, 0.29) is 17.2 Å². The van der Waals surface area contributed by atoms with E-state index in [2.05, 4.69) is 20.5 Å². The molecule has 0 radical (unpaired) electrons. The van der Waals surface area contributed by atoms with E-state index >= 15 is 0 Å². The van der Waals surface area contributed by atoms with Crippen LogP contribution in [0.3, 0.4) is 0 Å². The molecule has 4 aromatic carbocycles. The van der Waals surface area contributed by atoms with Gasteiger partial charge in [-0.05, 0) is 23.3 Å². The van der Waals surface area contributed by atoms with Crippen molar-refractivity contribution in [3.05, 3.63) is 142 Å². The Hall–Kier alpha value is -5.68. The van der Waals surface area contributed by atoms with Crippen LogP contribution in [0.25, 0.3) is 11.3 Å². The molecule has 0 bridgehead atoms. The summed E-state index contributed by atoms with van der Waals surface area (Å²) in [4.78, 5) is 19.5. The number of nitriles is 1. The normalized spacial score (nSPS) is 10.7. The highest BCUT2D eigenvalue weighted by atomic mass is 16.5. The van der Waals surface area contributed by atoms with Crippen molar-refractivity contribution in [3.63, 3.8) is 0 Å². The second-order valence-electron chi connectivity index (χ2n) is 8.77. The topological polar surface area (TPSA) is 112 Å². The molecule has 2 N–H and O–H groups in total. The van der Waals surface area contributed by atoms with Gasteiger partial charge in [-0.15, -0.1) is 0 Å². The Balaban J connectivity index is 1.37. The van der Waals surface area contributed by atoms with Crippen molar-refractivity contribution < 1.29 is 9.47 Å². The van der Waals surface area contributed by atoms with Gasteiger partial charge in [-0.25, -0.2) is 10.4 Å². The minimum atomic E-state index is -0.554. The van der Waals surface area contributed by atoms with E-state index in [1.807, 2.05) is 103 Å². The number of H-pyrrole nitrogens is 1. The van der Waals surface area contributed by atoms with Gasteiger partial charge in [0, 0.05) is 17.2 Å². The predicted molar refractivity (Wildman–Crippen MR) is 154 cm³/mol. The molecule has 40 heavy (non-hydrogen) atoms. The van der Waals surface area contributed by atoms with E-state index in [4.69, 9.17) is 9.47 Å². The Bertz CT molecular complexity index is 1630. The summed E-state index contributed by atoms with van der Waals surface area (Å²) in [7, 11) is 0. The largest absolute Gasteiger partial charge is 0.489 e. The number of aromatic amines is 1. The molecule has 0 saturated heterocycles. The fourth-order valence-electron chi connectivity index (χ4n) is 3.92. The summed E-state index contributed by atoms with van der Waals surface area (Å²) in [5, 5.41) is 13.7. The lowest BCUT2D eigenvalue weighted by molar-refractivity contribution is 0.290. The Morgan fingerprint density at radius 2 is 1.38 bits per heavy atom. The Kier molecular flexibility index (Phi) is 8.25. The van der Waals surface area contributed by atoms with Gasteiger partial charge in [-0.1, -0.05) is 91.0 Å². The minimum Gasteiger partial charge on any atom is -0.489 e. The first kappa shape index (κ1) is 25.9. The van der Waals surface area contributed by atoms with Crippen LogP contribution < -0.4 is 20.5 Å². The van der Waals surface area contributed by atoms with Gasteiger partial charge in [0.15, 0.2) is 0 Å². The number of benzene rings is 4. The van der Waals surface area contributed by atoms with Gasteiger partial charge in [0.05, 0.1) is 11.9 Å². The molecule has 0 aliphatic rings. The quantitative estimate of drug-likeness (QED) is 0.172. The van der Waals surface area contributed by atoms with Crippen LogP contribution >= 0.6 is 0 Å². The smallest absolute Gasteiger partial charge is 0.270 e. The number of nitrogens with one attached hydrogen (secondary N) is 2. The van der Waals surface area contributed by atoms with Crippen LogP contribution in [0.1, 0.15) is 22.3 Å². The van der Waals surface area contributed by atoms with E-state index in [1.54, 1.807) is 18.3 Å². The van der Waals surface area contributed by atoms with E-state index in [9.17, 15) is 10.1 Å². The number of aromatic nitrogens is 2. The SMILES string of the molecule is N#Cc1c(-c2ccccc2)nc(NN=Cc2cc(OCc3ccccc3)cc(OCc3ccccc3)c2)[nH]c1=O. The molecule has 1 heterocycles. The zero-order valence-corrected chi connectivity index (χ0v) is 21.5. The van der Waals surface area contributed by atoms with E-state index < -0.39 is 5.56 Å². The zero-order chi connectivity index (χ0) is 27.6. The third kappa shape index (κ3) is 6.79. The van der Waals surface area contributed by atoms with E-state index in [0.717, 1.165) is 11.1 Å². The van der Waals surface area contributed by atoms with Crippen LogP contribution in [0.5, 0.6) is 11.5 Å². The van der Waals surface area contributed by atoms with Crippen LogP contribution in [-0.4, -0.2) is 16.2 Å². The molecular formula is C32H25N5O3. The number of nitrogens with zero attached hydrogens (tertiary/aromatic N) is 3. The molecular weight excluding hydrogens is 502 g/mol. The number of hydrogen-bond donors (Lipinski definition) is 2. The second-order valence-corrected chi connectivity index (χ2v) is 8.77. The summed E-state index contributed by atoms with van der Waals surface area (Å²) in [5.41, 5.74) is 5.86. The number of hydrazone groups is 1. The van der Waals surface area contributed by atoms with Gasteiger partial charge >= 0.3 is 0 Å². The molecule has 8 heteroatoms. The molecule has 0 fully saturated rings. The van der Waals surface area contributed by atoms with Crippen molar-refractivity contribution in [2.45, 2.75) is 13.2 Å². The van der Waals surface area contributed by atoms with Gasteiger partial charge in [0.25, 0.3) is 5.56 Å². The molecule has 5 aromatic rings. The summed E-state index contributed by atoms with van der Waals surface area (Å²) in [6, 6.07) is 36.3. The number of ether oxygens (including phenoxy) is 2. The van der Waals surface area contributed by atoms with Gasteiger partial charge in [-0.3, -0.25) is 9.78 Å². The molecule has 196 valence electrons. The van der Waals surface area contributed by atoms with Crippen molar-refractivity contribution in [3.8, 4) is 28.8 Å². The van der Waals surface area contributed by atoms with Crippen molar-refractivity contribution >= 4 is 12.2 Å². The highest BCUT2D eigenvalue weighted by Crippen LogP contribution is 2.24. The minimum absolute atomic E-state index is 0.0656. The standard InChI is InChI=1S/C32H25N5O3/c33-19-29-30(26-14-8-3-9-15-26)35-32(36-31(29)38)37-34-20-25-16-27(39-21-23-10-4-1-5-11-23)18-28(17-25)40-22-24-12-6-2-7-13-24/h1-18,20H,21-22H2,(H2,35,36,37,38). The van der Waals surface area contributed by atoms with E-state index in [1.165, 1.54) is 0 Å². The van der Waals surface area contributed by atoms with Gasteiger partial charge in [0.2, 0.25) is 5.95 Å². The summed E-state index contributed by atoms with van der Waals surface area (Å²) >= 11 is 0. The zero-order valence-electron chi connectivity index (χ0n) is 21.5. The van der Waals surface area contributed by atoms with Crippen molar-refractivity contribution in [1.82, 2.24) is 9.97 Å². The number of anilines is 1. The third-order valence-corrected chi connectivity index (χ3v) is 5.86. The summed E-state index contributed by atoms with van der Waals surface area (Å²) in [6.07, 6.45) is 1.57. The second kappa shape index (κ2) is 12.7. The average molecular weight is 528 g/mol. The van der Waals surface area contributed by atoms with Crippen molar-refractivity contribution in [1.29, 1.82) is 5.26 Å². The average Bonchev–Trinajstić information content (AvgIpc) is 3.00. The predicted octanol–water partition coefficient (Wildman–Crippen LogP) is 5.91. The van der Waals surface area contributed by atoms with Crippen molar-refractivity contribution in [2.24, 2.45) is 5.10 Å². The Morgan fingerprint density at radius 3 is 1.93 bits per heavy atom. The Morgan fingerprint density at radius 1 is 0.825 bits per heavy atom. The molecule has 0 unspecified atom stereocenters. The fourth-order valence-corrected chi connectivity index (χ4v) is 3.92. The van der Waals surface area contributed by atoms with Crippen LogP contribution in [-0.2, 0) is 13.2 Å². The third-order valence-electron chi connectivity index (χ3n) is 5.86. The molecule has 0 saturated carbocycles. The highest BCUT2D eigenvalue weighted by molar-refractivity contribution is 5.81. The molecule has 0 atom stereocenters. The first-order chi connectivity index (χ1) is 19.7. The summed E-state index contributed by atoms with van der Waals surface area (Å²) in [6.45, 7) is 0.799. The lowest BCUT2D eigenvalue weighted by atomic mass is 10.1. The first-order valence-corrected chi connectivity index (χ1v) is 12.6. The molecule has 0 aliphatic carbocycles. The van der Waals surface area contributed by atoms with Crippen LogP contribution in [0.15, 0.2) is 119 Å². The molecule has 0 amide bonds. The van der Waals surface area contributed by atoms with Crippen molar-refractivity contribution in [2.75, 3.05) is 5.43 Å². The lowest BCUT2D eigenvalue weighted by Crippen LogP contribution is -2.16. The number of rotatable bonds is 10. The maximum Gasteiger partial charge on any atom is 0.270 e. The molecule has 0 spiro atoms. The first-order valence-electron chi connectivity index (χ1n) is 12.6. The van der Waals surface area contributed by atoms with Gasteiger partial charge in [0.1, 0.15) is 36.3 Å². The van der Waals surface area contributed by atoms with E-state index in [0.29, 0.717) is 35.8 Å². The van der Waals surface area contributed by atoms with Gasteiger partial charge < -0.3 is 9.47 Å². The maximum absolute atomic E-state index is 12.5. The van der Waals surface area contributed by atoms with Crippen LogP contribution in [0, 0.1) is 11.3 Å². The lowest BCUT2D eigenvalue weighted by Gasteiger charge is -2.12. The Labute approximate surface area is 231 Å². The van der Waals surface area contributed by atoms with Crippen LogP contribution in [0.2, 0.25) is 0 Å². The highest BCUT2D eigenvalue weighted by Gasteiger charge is 2.13. The van der Waals surface area contributed by atoms with Crippen LogP contribution in [0.4, 0.5) is 5.95 Å². The fraction of sp³-hybridized carbons (Fsp3) is 0.0625. The molecule has 8 nitrogen and oxygen atoms in total. The van der Waals surface area contributed by atoms with Gasteiger partial charge in [-0.2, -0.15) is 10.4 Å². The monoisotopic (exact) mass is 527 g/mol. The maximum atomic E-state index is 12.5. The molecule has 0 aliphatic heterocycles. The number of hydrogen-bond acceptors (Lipinski definition) is 7. The summed E-state index contributed by atoms with van der Waals surface area (Å²) < 4.78 is 12.1. The molecule has 5 rings (SSSR count). The molecule has 1 aromatic heterocycles.